The lowest BCUT2D eigenvalue weighted by atomic mass is 10.1. The number of alkyl halides is 3. The van der Waals surface area contributed by atoms with Crippen molar-refractivity contribution in [3.63, 3.8) is 0 Å². The van der Waals surface area contributed by atoms with E-state index in [4.69, 9.17) is 39.9 Å². The maximum atomic E-state index is 11.1. The molecular formula is C10H9Cl3O4. The van der Waals surface area contributed by atoms with E-state index >= 15 is 0 Å². The van der Waals surface area contributed by atoms with Crippen LogP contribution in [0.2, 0.25) is 0 Å². The topological polar surface area (TPSA) is 63.6 Å². The molecule has 0 aliphatic rings. The van der Waals surface area contributed by atoms with E-state index in [-0.39, 0.29) is 11.1 Å². The highest BCUT2D eigenvalue weighted by Gasteiger charge is 2.15. The number of methoxy groups -OCH3 is 1. The Morgan fingerprint density at radius 1 is 1.18 bits per heavy atom. The van der Waals surface area contributed by atoms with Crippen molar-refractivity contribution in [2.45, 2.75) is 4.30 Å². The van der Waals surface area contributed by atoms with Gasteiger partial charge >= 0.3 is 11.9 Å². The summed E-state index contributed by atoms with van der Waals surface area (Å²) >= 11 is 14.4. The molecule has 94 valence electrons. The van der Waals surface area contributed by atoms with Crippen LogP contribution in [0.4, 0.5) is 0 Å². The molecule has 0 atom stereocenters. The van der Waals surface area contributed by atoms with Gasteiger partial charge in [0.1, 0.15) is 0 Å². The molecule has 0 amide bonds. The third kappa shape index (κ3) is 6.36. The van der Waals surface area contributed by atoms with Gasteiger partial charge in [-0.1, -0.05) is 46.9 Å². The molecular weight excluding hydrogens is 290 g/mol. The third-order valence-corrected chi connectivity index (χ3v) is 1.56. The van der Waals surface area contributed by atoms with E-state index in [0.29, 0.717) is 0 Å². The summed E-state index contributed by atoms with van der Waals surface area (Å²) in [7, 11) is 1.21. The van der Waals surface area contributed by atoms with E-state index < -0.39 is 16.2 Å². The molecule has 0 unspecified atom stereocenters. The molecule has 0 aromatic heterocycles. The summed E-state index contributed by atoms with van der Waals surface area (Å²) in [5, 5.41) is 8.70. The minimum absolute atomic E-state index is 0.0469. The van der Waals surface area contributed by atoms with E-state index in [9.17, 15) is 9.59 Å². The number of esters is 1. The van der Waals surface area contributed by atoms with Gasteiger partial charge in [0.25, 0.3) is 0 Å². The van der Waals surface area contributed by atoms with Crippen LogP contribution < -0.4 is 0 Å². The Hall–Kier alpha value is -0.970. The van der Waals surface area contributed by atoms with Crippen LogP contribution in [-0.2, 0) is 4.74 Å². The lowest BCUT2D eigenvalue weighted by molar-refractivity contribution is 0.0582. The lowest BCUT2D eigenvalue weighted by Crippen LogP contribution is -2.09. The molecule has 0 aliphatic heterocycles. The molecule has 0 radical (unpaired) electrons. The van der Waals surface area contributed by atoms with Gasteiger partial charge in [-0.3, -0.25) is 0 Å². The number of benzene rings is 1. The number of halogens is 3. The number of carbonyl (C=O) groups is 2. The molecule has 0 saturated carbocycles. The smallest absolute Gasteiger partial charge is 0.338 e. The van der Waals surface area contributed by atoms with Gasteiger partial charge in [-0.15, -0.1) is 0 Å². The number of aromatic carboxylic acids is 1. The molecule has 0 heterocycles. The fourth-order valence-corrected chi connectivity index (χ4v) is 0.958. The van der Waals surface area contributed by atoms with Crippen molar-refractivity contribution in [3.05, 3.63) is 35.4 Å². The fraction of sp³-hybridized carbons (Fsp3) is 0.200. The van der Waals surface area contributed by atoms with Crippen molar-refractivity contribution in [1.82, 2.24) is 0 Å². The number of hydrogen-bond donors (Lipinski definition) is 1. The first-order chi connectivity index (χ1) is 7.90. The predicted octanol–water partition coefficient (Wildman–Crippen LogP) is 3.16. The average Bonchev–Trinajstić information content (AvgIpc) is 2.27. The van der Waals surface area contributed by atoms with Crippen LogP contribution >= 0.6 is 34.8 Å². The highest BCUT2D eigenvalue weighted by atomic mass is 35.6. The maximum Gasteiger partial charge on any atom is 0.338 e. The fourth-order valence-electron chi connectivity index (χ4n) is 0.958. The summed E-state index contributed by atoms with van der Waals surface area (Å²) in [5.74, 6) is -1.78. The van der Waals surface area contributed by atoms with Crippen LogP contribution in [-0.4, -0.2) is 28.5 Å². The van der Waals surface area contributed by atoms with E-state index in [1.165, 1.54) is 19.2 Å². The highest BCUT2D eigenvalue weighted by Crippen LogP contribution is 2.09. The largest absolute Gasteiger partial charge is 0.478 e. The van der Waals surface area contributed by atoms with Crippen LogP contribution in [0.25, 0.3) is 0 Å². The first-order valence-corrected chi connectivity index (χ1v) is 5.54. The molecule has 7 heteroatoms. The van der Waals surface area contributed by atoms with E-state index in [1.54, 1.807) is 12.1 Å². The molecule has 0 spiro atoms. The molecule has 0 bridgehead atoms. The average molecular weight is 300 g/mol. The number of carbonyl (C=O) groups excluding carboxylic acids is 1. The molecule has 0 saturated heterocycles. The molecule has 1 aromatic rings. The second-order valence-corrected chi connectivity index (χ2v) is 4.57. The lowest BCUT2D eigenvalue weighted by Gasteiger charge is -2.02. The van der Waals surface area contributed by atoms with Gasteiger partial charge in [-0.2, -0.15) is 0 Å². The zero-order valence-corrected chi connectivity index (χ0v) is 11.0. The Morgan fingerprint density at radius 3 is 1.94 bits per heavy atom. The second kappa shape index (κ2) is 8.17. The van der Waals surface area contributed by atoms with Gasteiger partial charge in [-0.25, -0.2) is 9.59 Å². The summed E-state index contributed by atoms with van der Waals surface area (Å²) in [6.45, 7) is 0. The molecule has 4 nitrogen and oxygen atoms in total. The Balaban J connectivity index is 0.000000557. The molecule has 1 rings (SSSR count). The van der Waals surface area contributed by atoms with E-state index in [2.05, 4.69) is 4.74 Å². The minimum atomic E-state index is -1.14. The van der Waals surface area contributed by atoms with Crippen LogP contribution in [0, 0.1) is 0 Å². The minimum Gasteiger partial charge on any atom is -0.478 e. The van der Waals surface area contributed by atoms with Crippen molar-refractivity contribution in [1.29, 1.82) is 0 Å². The predicted molar refractivity (Wildman–Crippen MR) is 66.1 cm³/mol. The first kappa shape index (κ1) is 16.0. The first-order valence-electron chi connectivity index (χ1n) is 4.23. The van der Waals surface area contributed by atoms with Gasteiger partial charge in [0.15, 0.2) is 4.30 Å². The van der Waals surface area contributed by atoms with Crippen molar-refractivity contribution in [2.24, 2.45) is 0 Å². The van der Waals surface area contributed by atoms with E-state index in [0.717, 1.165) is 0 Å². The Morgan fingerprint density at radius 2 is 1.59 bits per heavy atom. The number of carboxylic acids is 1. The molecule has 0 fully saturated rings. The maximum absolute atomic E-state index is 11.1. The van der Waals surface area contributed by atoms with Crippen LogP contribution in [0.1, 0.15) is 20.7 Å². The molecule has 1 N–H and O–H groups in total. The van der Waals surface area contributed by atoms with Crippen LogP contribution in [0.5, 0.6) is 0 Å². The van der Waals surface area contributed by atoms with Gasteiger partial charge in [0.05, 0.1) is 18.2 Å². The number of rotatable bonds is 2. The standard InChI is InChI=1S/C9H8O4.CHCl3/c1-13-9(12)7-5-3-2-4-6(7)8(10)11;2-1(3)4/h2-5H,1H3,(H,10,11);1H. The quantitative estimate of drug-likeness (QED) is 0.673. The molecule has 1 aromatic carbocycles. The zero-order chi connectivity index (χ0) is 13.4. The number of hydrogen-bond acceptors (Lipinski definition) is 3. The monoisotopic (exact) mass is 298 g/mol. The Kier molecular flexibility index (Phi) is 7.70. The molecule has 0 aliphatic carbocycles. The Bertz CT molecular complexity index is 390. The van der Waals surface area contributed by atoms with Crippen molar-refractivity contribution >= 4 is 46.7 Å². The highest BCUT2D eigenvalue weighted by molar-refractivity contribution is 6.63. The summed E-state index contributed by atoms with van der Waals surface area (Å²) in [6, 6.07) is 5.90. The summed E-state index contributed by atoms with van der Waals surface area (Å²) in [4.78, 5) is 21.7. The zero-order valence-electron chi connectivity index (χ0n) is 8.69. The van der Waals surface area contributed by atoms with Crippen molar-refractivity contribution in [2.75, 3.05) is 7.11 Å². The third-order valence-electron chi connectivity index (χ3n) is 1.56. The normalized spacial score (nSPS) is 9.24. The SMILES string of the molecule is COC(=O)c1ccccc1C(=O)O.ClC(Cl)Cl. The van der Waals surface area contributed by atoms with Crippen molar-refractivity contribution in [3.8, 4) is 0 Å². The summed E-state index contributed by atoms with van der Waals surface area (Å²) < 4.78 is 3.67. The summed E-state index contributed by atoms with van der Waals surface area (Å²) in [5.41, 5.74) is 0.0202. The summed E-state index contributed by atoms with van der Waals surface area (Å²) in [6.07, 6.45) is 0. The van der Waals surface area contributed by atoms with Crippen LogP contribution in [0.3, 0.4) is 0 Å². The Labute approximate surface area is 113 Å². The van der Waals surface area contributed by atoms with Gasteiger partial charge in [-0.05, 0) is 12.1 Å². The van der Waals surface area contributed by atoms with Gasteiger partial charge in [0.2, 0.25) is 0 Å². The van der Waals surface area contributed by atoms with Gasteiger partial charge in [0, 0.05) is 0 Å². The second-order valence-electron chi connectivity index (χ2n) is 2.59. The van der Waals surface area contributed by atoms with Crippen LogP contribution in [0.15, 0.2) is 24.3 Å². The number of ether oxygens (including phenoxy) is 1. The van der Waals surface area contributed by atoms with E-state index in [1.807, 2.05) is 0 Å². The van der Waals surface area contributed by atoms with Crippen molar-refractivity contribution < 1.29 is 19.4 Å². The number of carboxylic acid groups (broad SMARTS) is 1. The van der Waals surface area contributed by atoms with Gasteiger partial charge < -0.3 is 9.84 Å². The molecule has 17 heavy (non-hydrogen) atoms.